The van der Waals surface area contributed by atoms with Gasteiger partial charge in [-0.3, -0.25) is 4.68 Å². The van der Waals surface area contributed by atoms with Crippen LogP contribution in [0.25, 0.3) is 11.0 Å². The predicted molar refractivity (Wildman–Crippen MR) is 131 cm³/mol. The summed E-state index contributed by atoms with van der Waals surface area (Å²) in [5.41, 5.74) is 4.07. The van der Waals surface area contributed by atoms with Crippen molar-refractivity contribution in [1.82, 2.24) is 19.7 Å². The maximum Gasteiger partial charge on any atom is 0.503 e. The van der Waals surface area contributed by atoms with Crippen molar-refractivity contribution in [3.8, 4) is 0 Å². The molecule has 1 saturated carbocycles. The van der Waals surface area contributed by atoms with Crippen molar-refractivity contribution in [3.05, 3.63) is 45.3 Å². The summed E-state index contributed by atoms with van der Waals surface area (Å²) in [4.78, 5) is 18.5. The van der Waals surface area contributed by atoms with Crippen molar-refractivity contribution in [2.45, 2.75) is 64.3 Å². The van der Waals surface area contributed by atoms with Crippen LogP contribution in [0.1, 0.15) is 68.4 Å². The molecule has 2 heterocycles. The molecule has 1 aromatic carbocycles. The van der Waals surface area contributed by atoms with Gasteiger partial charge in [0.05, 0.1) is 15.7 Å². The van der Waals surface area contributed by atoms with Crippen molar-refractivity contribution in [3.63, 3.8) is 0 Å². The summed E-state index contributed by atoms with van der Waals surface area (Å²) in [5.74, 6) is 2.24. The van der Waals surface area contributed by atoms with Crippen LogP contribution in [0.4, 0.5) is 10.6 Å². The number of anilines is 1. The molecule has 1 fully saturated rings. The molecule has 33 heavy (non-hydrogen) atoms. The van der Waals surface area contributed by atoms with Crippen LogP contribution in [-0.2, 0) is 20.0 Å². The first-order chi connectivity index (χ1) is 15.8. The first-order valence-electron chi connectivity index (χ1n) is 11.1. The van der Waals surface area contributed by atoms with E-state index in [1.165, 1.54) is 32.1 Å². The Hall–Kier alpha value is -2.58. The molecule has 1 aliphatic carbocycles. The Morgan fingerprint density at radius 3 is 2.48 bits per heavy atom. The number of halogens is 2. The lowest BCUT2D eigenvalue weighted by Crippen LogP contribution is -2.12. The number of fused-ring (bicyclic) bond motifs is 1. The summed E-state index contributed by atoms with van der Waals surface area (Å²) in [6.07, 6.45) is 6.29. The van der Waals surface area contributed by atoms with E-state index in [2.05, 4.69) is 12.2 Å². The molecule has 0 amide bonds. The minimum Gasteiger partial charge on any atom is -0.450 e. The van der Waals surface area contributed by atoms with Gasteiger partial charge in [0.2, 0.25) is 0 Å². The quantitative estimate of drug-likeness (QED) is 0.358. The summed E-state index contributed by atoms with van der Waals surface area (Å²) in [6.45, 7) is 2.79. The maximum atomic E-state index is 8.56. The molecule has 3 aromatic rings. The zero-order valence-corrected chi connectivity index (χ0v) is 20.3. The van der Waals surface area contributed by atoms with E-state index >= 15 is 0 Å². The molecule has 10 heteroatoms. The predicted octanol–water partition coefficient (Wildman–Crippen LogP) is 6.50. The molecule has 178 valence electrons. The van der Waals surface area contributed by atoms with Gasteiger partial charge in [0.15, 0.2) is 5.82 Å². The van der Waals surface area contributed by atoms with Crippen LogP contribution in [-0.4, -0.2) is 36.1 Å². The summed E-state index contributed by atoms with van der Waals surface area (Å²) in [5, 5.41) is 23.3. The largest absolute Gasteiger partial charge is 0.503 e. The topological polar surface area (TPSA) is 113 Å². The fourth-order valence-electron chi connectivity index (χ4n) is 4.17. The minimum atomic E-state index is -1.83. The van der Waals surface area contributed by atoms with E-state index in [1.807, 2.05) is 29.9 Å². The van der Waals surface area contributed by atoms with Gasteiger partial charge in [-0.05, 0) is 37.0 Å². The number of carbonyl (C=O) groups is 1. The van der Waals surface area contributed by atoms with E-state index in [-0.39, 0.29) is 0 Å². The molecule has 0 bridgehead atoms. The Morgan fingerprint density at radius 2 is 1.85 bits per heavy atom. The smallest absolute Gasteiger partial charge is 0.450 e. The highest BCUT2D eigenvalue weighted by Crippen LogP contribution is 2.34. The number of aryl methyl sites for hydroxylation is 2. The van der Waals surface area contributed by atoms with E-state index in [9.17, 15) is 0 Å². The molecule has 3 N–H and O–H groups in total. The lowest BCUT2D eigenvalue weighted by molar-refractivity contribution is 0.137. The molecule has 0 aliphatic heterocycles. The van der Waals surface area contributed by atoms with Gasteiger partial charge in [-0.15, -0.1) is 0 Å². The number of nitrogens with one attached hydrogen (secondary N) is 1. The Bertz CT molecular complexity index is 1110. The third-order valence-corrected chi connectivity index (χ3v) is 6.41. The van der Waals surface area contributed by atoms with Crippen molar-refractivity contribution < 1.29 is 15.0 Å². The molecule has 2 aromatic heterocycles. The molecule has 0 spiro atoms. The summed E-state index contributed by atoms with van der Waals surface area (Å²) in [7, 11) is 1.97. The molecule has 0 unspecified atom stereocenters. The van der Waals surface area contributed by atoms with Gasteiger partial charge in [0, 0.05) is 19.5 Å². The van der Waals surface area contributed by atoms with Crippen LogP contribution in [0.15, 0.2) is 18.2 Å². The van der Waals surface area contributed by atoms with Crippen molar-refractivity contribution in [1.29, 1.82) is 0 Å². The number of benzene rings is 1. The standard InChI is InChI=1S/C22H27Cl2N5.CH2O3/c1-3-7-18-19-20(29(2)28-18)22(25-13-14-10-11-16(23)17(24)12-14)27-21(26-19)15-8-5-4-6-9-15;2-1(3)4/h10-12,15H,3-9,13H2,1-2H3,(H,25,26,27);(H2,2,3,4). The fraction of sp³-hybridized carbons (Fsp3) is 0.478. The second-order valence-corrected chi connectivity index (χ2v) is 8.98. The van der Waals surface area contributed by atoms with Crippen LogP contribution in [0.5, 0.6) is 0 Å². The number of hydrogen-bond acceptors (Lipinski definition) is 5. The maximum absolute atomic E-state index is 8.56. The van der Waals surface area contributed by atoms with Gasteiger partial charge in [-0.25, -0.2) is 14.8 Å². The molecule has 0 saturated heterocycles. The monoisotopic (exact) mass is 493 g/mol. The van der Waals surface area contributed by atoms with Gasteiger partial charge in [-0.2, -0.15) is 5.10 Å². The number of aromatic nitrogens is 4. The van der Waals surface area contributed by atoms with Gasteiger partial charge < -0.3 is 15.5 Å². The van der Waals surface area contributed by atoms with E-state index < -0.39 is 6.16 Å². The second-order valence-electron chi connectivity index (χ2n) is 8.17. The second kappa shape index (κ2) is 11.5. The van der Waals surface area contributed by atoms with Crippen LogP contribution in [0.3, 0.4) is 0 Å². The van der Waals surface area contributed by atoms with Gasteiger partial charge >= 0.3 is 6.16 Å². The first kappa shape index (κ1) is 25.1. The zero-order chi connectivity index (χ0) is 24.0. The van der Waals surface area contributed by atoms with Crippen molar-refractivity contribution in [2.75, 3.05) is 5.32 Å². The third kappa shape index (κ3) is 6.48. The number of carboxylic acid groups (broad SMARTS) is 2. The van der Waals surface area contributed by atoms with Crippen LogP contribution in [0, 0.1) is 0 Å². The number of hydrogen-bond donors (Lipinski definition) is 3. The Kier molecular flexibility index (Phi) is 8.74. The number of nitrogens with zero attached hydrogens (tertiary/aromatic N) is 4. The summed E-state index contributed by atoms with van der Waals surface area (Å²) < 4.78 is 1.90. The highest BCUT2D eigenvalue weighted by molar-refractivity contribution is 6.42. The SMILES string of the molecule is CCCc1nn(C)c2c(NCc3ccc(Cl)c(Cl)c3)nc(C3CCCCC3)nc12.O=C(O)O. The van der Waals surface area contributed by atoms with Crippen LogP contribution < -0.4 is 5.32 Å². The lowest BCUT2D eigenvalue weighted by Gasteiger charge is -2.21. The van der Waals surface area contributed by atoms with E-state index in [1.54, 1.807) is 0 Å². The first-order valence-corrected chi connectivity index (χ1v) is 11.9. The highest BCUT2D eigenvalue weighted by Gasteiger charge is 2.23. The highest BCUT2D eigenvalue weighted by atomic mass is 35.5. The average molecular weight is 494 g/mol. The number of rotatable bonds is 6. The molecule has 1 aliphatic rings. The molecular formula is C23H29Cl2N5O3. The van der Waals surface area contributed by atoms with Crippen LogP contribution >= 0.6 is 23.2 Å². The fourth-order valence-corrected chi connectivity index (χ4v) is 4.49. The molecule has 4 rings (SSSR count). The molecular weight excluding hydrogens is 465 g/mol. The zero-order valence-electron chi connectivity index (χ0n) is 18.8. The normalized spacial score (nSPS) is 14.1. The average Bonchev–Trinajstić information content (AvgIpc) is 3.10. The van der Waals surface area contributed by atoms with Crippen molar-refractivity contribution in [2.24, 2.45) is 7.05 Å². The van der Waals surface area contributed by atoms with E-state index in [0.717, 1.165) is 46.8 Å². The molecule has 8 nitrogen and oxygen atoms in total. The Labute approximate surface area is 203 Å². The van der Waals surface area contributed by atoms with Gasteiger partial charge in [0.25, 0.3) is 0 Å². The summed E-state index contributed by atoms with van der Waals surface area (Å²) >= 11 is 12.2. The molecule has 0 atom stereocenters. The van der Waals surface area contributed by atoms with Gasteiger partial charge in [0.1, 0.15) is 16.9 Å². The summed E-state index contributed by atoms with van der Waals surface area (Å²) in [6, 6.07) is 5.70. The minimum absolute atomic E-state index is 0.438. The van der Waals surface area contributed by atoms with E-state index in [4.69, 9.17) is 53.3 Å². The van der Waals surface area contributed by atoms with Crippen LogP contribution in [0.2, 0.25) is 10.0 Å². The third-order valence-electron chi connectivity index (χ3n) is 5.67. The van der Waals surface area contributed by atoms with Gasteiger partial charge in [-0.1, -0.05) is 61.9 Å². The molecule has 0 radical (unpaired) electrons. The lowest BCUT2D eigenvalue weighted by atomic mass is 9.88. The Balaban J connectivity index is 0.000000709. The van der Waals surface area contributed by atoms with Crippen molar-refractivity contribution >= 4 is 46.2 Å². The van der Waals surface area contributed by atoms with E-state index in [0.29, 0.717) is 22.5 Å². The Morgan fingerprint density at radius 1 is 1.15 bits per heavy atom.